The lowest BCUT2D eigenvalue weighted by Gasteiger charge is -2.16. The number of aromatic nitrogens is 2. The molecule has 0 radical (unpaired) electrons. The van der Waals surface area contributed by atoms with E-state index in [1.807, 2.05) is 0 Å². The quantitative estimate of drug-likeness (QED) is 0.167. The first-order valence-corrected chi connectivity index (χ1v) is 15.9. The van der Waals surface area contributed by atoms with Crippen molar-refractivity contribution in [3.05, 3.63) is 143 Å². The maximum atomic E-state index is 13.8. The summed E-state index contributed by atoms with van der Waals surface area (Å²) in [5, 5.41) is 10.7. The van der Waals surface area contributed by atoms with Crippen molar-refractivity contribution in [3.8, 4) is 45.1 Å². The topological polar surface area (TPSA) is 41.6 Å². The Bertz CT molecular complexity index is 2460. The van der Waals surface area contributed by atoms with E-state index in [4.69, 9.17) is 0 Å². The van der Waals surface area contributed by atoms with Crippen LogP contribution in [0.15, 0.2) is 116 Å². The van der Waals surface area contributed by atoms with Gasteiger partial charge in [0.05, 0.1) is 44.9 Å². The first-order chi connectivity index (χ1) is 25.7. The minimum absolute atomic E-state index is 0.00406. The molecule has 7 aromatic rings. The maximum Gasteiger partial charge on any atom is 0.416 e. The number of halogens is 12. The second-order valence-corrected chi connectivity index (χ2v) is 12.5. The summed E-state index contributed by atoms with van der Waals surface area (Å²) in [5.74, 6) is 0. The summed E-state index contributed by atoms with van der Waals surface area (Å²) >= 11 is 0. The third-order valence-electron chi connectivity index (χ3n) is 8.98. The molecule has 0 spiro atoms. The number of benzene rings is 5. The molecule has 0 N–H and O–H groups in total. The van der Waals surface area contributed by atoms with Crippen LogP contribution in [0.1, 0.15) is 27.8 Å². The number of pyridine rings is 1. The van der Waals surface area contributed by atoms with Crippen molar-refractivity contribution in [2.24, 2.45) is 0 Å². The molecular weight excluding hydrogens is 750 g/mol. The van der Waals surface area contributed by atoms with E-state index >= 15 is 0 Å². The van der Waals surface area contributed by atoms with Crippen molar-refractivity contribution >= 4 is 21.8 Å². The number of hydrogen-bond acceptors (Lipinski definition) is 2. The van der Waals surface area contributed by atoms with E-state index in [9.17, 15) is 57.9 Å². The Kier molecular flexibility index (Phi) is 8.71. The predicted octanol–water partition coefficient (Wildman–Crippen LogP) is 13.1. The molecule has 0 aliphatic heterocycles. The standard InChI is InChI=1S/C40H19F12N3/c41-37(42,43)27-11-25(12-28(17-27)38(44,45)46)22-2-5-32-33-6-3-23(26-13-29(39(47,48)49)18-30(14-26)40(50,51)52)16-36(33)55(35(32)15-22)31-4-1-24(20-53)34(19-31)21-7-9-54-10-8-21/h1-19H. The van der Waals surface area contributed by atoms with Crippen molar-refractivity contribution in [1.82, 2.24) is 9.55 Å². The predicted molar refractivity (Wildman–Crippen MR) is 180 cm³/mol. The van der Waals surface area contributed by atoms with Gasteiger partial charge in [0.2, 0.25) is 0 Å². The van der Waals surface area contributed by atoms with Gasteiger partial charge in [0, 0.05) is 34.4 Å². The average molecular weight is 770 g/mol. The van der Waals surface area contributed by atoms with Crippen LogP contribution in [0.5, 0.6) is 0 Å². The monoisotopic (exact) mass is 769 g/mol. The first kappa shape index (κ1) is 37.0. The Hall–Kier alpha value is -6.30. The van der Waals surface area contributed by atoms with Gasteiger partial charge in [0.15, 0.2) is 0 Å². The number of nitrogens with zero attached hydrogens (tertiary/aromatic N) is 3. The molecule has 0 aliphatic rings. The molecule has 5 aromatic carbocycles. The zero-order valence-electron chi connectivity index (χ0n) is 27.3. The van der Waals surface area contributed by atoms with Gasteiger partial charge in [-0.25, -0.2) is 0 Å². The fraction of sp³-hybridized carbons (Fsp3) is 0.100. The van der Waals surface area contributed by atoms with E-state index in [0.717, 1.165) is 0 Å². The highest BCUT2D eigenvalue weighted by molar-refractivity contribution is 6.11. The van der Waals surface area contributed by atoms with Crippen LogP contribution in [-0.2, 0) is 24.7 Å². The van der Waals surface area contributed by atoms with Gasteiger partial charge in [-0.2, -0.15) is 57.9 Å². The Morgan fingerprint density at radius 1 is 0.436 bits per heavy atom. The second-order valence-electron chi connectivity index (χ2n) is 12.5. The molecule has 0 fully saturated rings. The van der Waals surface area contributed by atoms with Crippen LogP contribution in [0.25, 0.3) is 60.9 Å². The molecule has 15 heteroatoms. The third kappa shape index (κ3) is 7.07. The summed E-state index contributed by atoms with van der Waals surface area (Å²) in [6.45, 7) is 0. The molecule has 0 bridgehead atoms. The molecule has 0 atom stereocenters. The third-order valence-corrected chi connectivity index (χ3v) is 8.98. The van der Waals surface area contributed by atoms with Gasteiger partial charge in [-0.15, -0.1) is 0 Å². The summed E-state index contributed by atoms with van der Waals surface area (Å²) in [7, 11) is 0. The number of hydrogen-bond donors (Lipinski definition) is 0. The maximum absolute atomic E-state index is 13.8. The molecule has 0 aliphatic carbocycles. The van der Waals surface area contributed by atoms with Crippen molar-refractivity contribution in [2.75, 3.05) is 0 Å². The van der Waals surface area contributed by atoms with Gasteiger partial charge < -0.3 is 4.57 Å². The molecular formula is C40H19F12N3. The molecule has 2 heterocycles. The summed E-state index contributed by atoms with van der Waals surface area (Å²) in [4.78, 5) is 3.97. The van der Waals surface area contributed by atoms with Gasteiger partial charge in [0.25, 0.3) is 0 Å². The summed E-state index contributed by atoms with van der Waals surface area (Å²) in [5.41, 5.74) is -5.31. The summed E-state index contributed by atoms with van der Waals surface area (Å²) in [6, 6.07) is 20.2. The van der Waals surface area contributed by atoms with Crippen LogP contribution < -0.4 is 0 Å². The van der Waals surface area contributed by atoms with Crippen LogP contribution in [0.4, 0.5) is 52.7 Å². The second kappa shape index (κ2) is 12.9. The Labute approximate surface area is 302 Å². The molecule has 0 saturated heterocycles. The van der Waals surface area contributed by atoms with E-state index in [1.165, 1.54) is 65.5 Å². The number of nitriles is 1. The first-order valence-electron chi connectivity index (χ1n) is 15.9. The largest absolute Gasteiger partial charge is 0.416 e. The lowest BCUT2D eigenvalue weighted by molar-refractivity contribution is -0.144. The van der Waals surface area contributed by atoms with E-state index < -0.39 is 58.1 Å². The fourth-order valence-corrected chi connectivity index (χ4v) is 6.44. The molecule has 55 heavy (non-hydrogen) atoms. The molecule has 2 aromatic heterocycles. The summed E-state index contributed by atoms with van der Waals surface area (Å²) < 4.78 is 167. The average Bonchev–Trinajstić information content (AvgIpc) is 3.46. The van der Waals surface area contributed by atoms with Crippen LogP contribution in [-0.4, -0.2) is 9.55 Å². The molecule has 0 amide bonds. The lowest BCUT2D eigenvalue weighted by Crippen LogP contribution is -2.11. The Morgan fingerprint density at radius 2 is 0.855 bits per heavy atom. The van der Waals surface area contributed by atoms with Gasteiger partial charge in [-0.05, 0) is 107 Å². The summed E-state index contributed by atoms with van der Waals surface area (Å²) in [6.07, 6.45) is -17.6. The molecule has 3 nitrogen and oxygen atoms in total. The van der Waals surface area contributed by atoms with E-state index in [2.05, 4.69) is 11.1 Å². The van der Waals surface area contributed by atoms with Gasteiger partial charge in [-0.1, -0.05) is 24.3 Å². The van der Waals surface area contributed by atoms with E-state index in [0.29, 0.717) is 51.9 Å². The van der Waals surface area contributed by atoms with Gasteiger partial charge in [0.1, 0.15) is 0 Å². The van der Waals surface area contributed by atoms with Crippen LogP contribution in [0, 0.1) is 11.3 Å². The SMILES string of the molecule is N#Cc1ccc(-n2c3cc(-c4cc(C(F)(F)F)cc(C(F)(F)F)c4)ccc3c3ccc(-c4cc(C(F)(F)F)cc(C(F)(F)F)c4)cc32)cc1-c1ccncc1. The number of rotatable bonds is 4. The van der Waals surface area contributed by atoms with Crippen molar-refractivity contribution in [2.45, 2.75) is 24.7 Å². The van der Waals surface area contributed by atoms with Gasteiger partial charge in [-0.3, -0.25) is 4.98 Å². The van der Waals surface area contributed by atoms with Crippen LogP contribution in [0.3, 0.4) is 0 Å². The fourth-order valence-electron chi connectivity index (χ4n) is 6.44. The lowest BCUT2D eigenvalue weighted by atomic mass is 9.97. The highest BCUT2D eigenvalue weighted by Crippen LogP contribution is 2.43. The normalized spacial score (nSPS) is 12.7. The minimum Gasteiger partial charge on any atom is -0.309 e. The van der Waals surface area contributed by atoms with Crippen LogP contribution in [0.2, 0.25) is 0 Å². The van der Waals surface area contributed by atoms with E-state index in [1.54, 1.807) is 18.2 Å². The number of fused-ring (bicyclic) bond motifs is 3. The van der Waals surface area contributed by atoms with Crippen molar-refractivity contribution in [3.63, 3.8) is 0 Å². The van der Waals surface area contributed by atoms with Crippen LogP contribution >= 0.6 is 0 Å². The Morgan fingerprint density at radius 3 is 1.24 bits per heavy atom. The highest BCUT2D eigenvalue weighted by Gasteiger charge is 2.38. The zero-order valence-corrected chi connectivity index (χ0v) is 27.3. The smallest absolute Gasteiger partial charge is 0.309 e. The minimum atomic E-state index is -5.13. The molecule has 7 rings (SSSR count). The zero-order chi connectivity index (χ0) is 39.7. The number of alkyl halides is 12. The van der Waals surface area contributed by atoms with Gasteiger partial charge >= 0.3 is 24.7 Å². The van der Waals surface area contributed by atoms with Crippen molar-refractivity contribution in [1.29, 1.82) is 5.26 Å². The molecule has 0 saturated carbocycles. The van der Waals surface area contributed by atoms with E-state index in [-0.39, 0.29) is 39.9 Å². The molecule has 0 unspecified atom stereocenters. The van der Waals surface area contributed by atoms with Crippen molar-refractivity contribution < 1.29 is 52.7 Å². The highest BCUT2D eigenvalue weighted by atomic mass is 19.4. The Balaban J connectivity index is 1.54. The molecule has 278 valence electrons.